The number of ether oxygens (including phenoxy) is 2. The molecule has 94 valence electrons. The highest BCUT2D eigenvalue weighted by molar-refractivity contribution is 6.32. The molecule has 0 bridgehead atoms. The van der Waals surface area contributed by atoms with Crippen LogP contribution in [0.5, 0.6) is 5.75 Å². The molecule has 17 heavy (non-hydrogen) atoms. The number of carbonyl (C=O) groups excluding carboxylic acids is 1. The third kappa shape index (κ3) is 2.91. The standard InChI is InChI=1S/C13H17ClO3/c1-7(2)17-10-6-8(3)12(14)9(4)11(10)13(15)16-5/h6-7H,1-5H3. The topological polar surface area (TPSA) is 35.5 Å². The van der Waals surface area contributed by atoms with Crippen molar-refractivity contribution < 1.29 is 14.3 Å². The fourth-order valence-electron chi connectivity index (χ4n) is 1.63. The normalized spacial score (nSPS) is 10.5. The average molecular weight is 257 g/mol. The van der Waals surface area contributed by atoms with Crippen LogP contribution in [-0.2, 0) is 4.74 Å². The van der Waals surface area contributed by atoms with Crippen molar-refractivity contribution in [3.8, 4) is 5.75 Å². The van der Waals surface area contributed by atoms with E-state index in [1.54, 1.807) is 13.0 Å². The van der Waals surface area contributed by atoms with Crippen molar-refractivity contribution in [2.45, 2.75) is 33.8 Å². The van der Waals surface area contributed by atoms with E-state index in [-0.39, 0.29) is 6.10 Å². The summed E-state index contributed by atoms with van der Waals surface area (Å²) in [5, 5.41) is 0.571. The summed E-state index contributed by atoms with van der Waals surface area (Å²) in [4.78, 5) is 11.7. The number of aryl methyl sites for hydroxylation is 1. The third-order valence-electron chi connectivity index (χ3n) is 2.40. The van der Waals surface area contributed by atoms with Gasteiger partial charge in [-0.2, -0.15) is 0 Å². The van der Waals surface area contributed by atoms with Crippen molar-refractivity contribution in [2.24, 2.45) is 0 Å². The van der Waals surface area contributed by atoms with Gasteiger partial charge in [-0.15, -0.1) is 0 Å². The molecule has 4 heteroatoms. The van der Waals surface area contributed by atoms with Gasteiger partial charge in [0.15, 0.2) is 0 Å². The predicted octanol–water partition coefficient (Wildman–Crippen LogP) is 3.53. The molecule has 0 amide bonds. The van der Waals surface area contributed by atoms with Crippen LogP contribution in [0.25, 0.3) is 0 Å². The summed E-state index contributed by atoms with van der Waals surface area (Å²) in [7, 11) is 1.34. The molecule has 0 radical (unpaired) electrons. The zero-order valence-corrected chi connectivity index (χ0v) is 11.5. The molecular formula is C13H17ClO3. The molecule has 0 unspecified atom stereocenters. The van der Waals surface area contributed by atoms with Gasteiger partial charge >= 0.3 is 5.97 Å². The Kier molecular flexibility index (Phi) is 4.40. The molecule has 0 fully saturated rings. The van der Waals surface area contributed by atoms with Crippen LogP contribution in [0.15, 0.2) is 6.07 Å². The molecule has 0 atom stereocenters. The Bertz CT molecular complexity index is 439. The van der Waals surface area contributed by atoms with Crippen LogP contribution in [0.3, 0.4) is 0 Å². The first-order valence-electron chi connectivity index (χ1n) is 5.43. The van der Waals surface area contributed by atoms with Crippen molar-refractivity contribution >= 4 is 17.6 Å². The molecule has 1 aromatic rings. The zero-order chi connectivity index (χ0) is 13.2. The summed E-state index contributed by atoms with van der Waals surface area (Å²) in [6.45, 7) is 7.47. The monoisotopic (exact) mass is 256 g/mol. The van der Waals surface area contributed by atoms with Crippen molar-refractivity contribution in [1.82, 2.24) is 0 Å². The van der Waals surface area contributed by atoms with Crippen LogP contribution in [0.2, 0.25) is 5.02 Å². The molecule has 0 N–H and O–H groups in total. The summed E-state index contributed by atoms with van der Waals surface area (Å²) >= 11 is 6.13. The lowest BCUT2D eigenvalue weighted by molar-refractivity contribution is 0.0593. The second-order valence-electron chi connectivity index (χ2n) is 4.16. The highest BCUT2D eigenvalue weighted by Gasteiger charge is 2.20. The van der Waals surface area contributed by atoms with E-state index in [0.717, 1.165) is 5.56 Å². The van der Waals surface area contributed by atoms with E-state index < -0.39 is 5.97 Å². The Morgan fingerprint density at radius 3 is 2.41 bits per heavy atom. The molecular weight excluding hydrogens is 240 g/mol. The van der Waals surface area contributed by atoms with E-state index in [9.17, 15) is 4.79 Å². The largest absolute Gasteiger partial charge is 0.490 e. The number of hydrogen-bond acceptors (Lipinski definition) is 3. The second-order valence-corrected chi connectivity index (χ2v) is 4.54. The maximum atomic E-state index is 11.7. The lowest BCUT2D eigenvalue weighted by atomic mass is 10.0. The van der Waals surface area contributed by atoms with Gasteiger partial charge in [0.1, 0.15) is 11.3 Å². The van der Waals surface area contributed by atoms with E-state index in [0.29, 0.717) is 21.9 Å². The summed E-state index contributed by atoms with van der Waals surface area (Å²) in [6.07, 6.45) is -0.0154. The minimum atomic E-state index is -0.431. The number of hydrogen-bond donors (Lipinski definition) is 0. The van der Waals surface area contributed by atoms with Crippen LogP contribution >= 0.6 is 11.6 Å². The van der Waals surface area contributed by atoms with E-state index in [4.69, 9.17) is 21.1 Å². The first-order chi connectivity index (χ1) is 7.88. The molecule has 1 aromatic carbocycles. The summed E-state index contributed by atoms with van der Waals surface area (Å²) in [5.74, 6) is 0.0892. The number of benzene rings is 1. The smallest absolute Gasteiger partial charge is 0.341 e. The van der Waals surface area contributed by atoms with Gasteiger partial charge in [-0.1, -0.05) is 11.6 Å². The number of halogens is 1. The maximum Gasteiger partial charge on any atom is 0.341 e. The number of rotatable bonds is 3. The van der Waals surface area contributed by atoms with Crippen molar-refractivity contribution in [3.05, 3.63) is 27.8 Å². The van der Waals surface area contributed by atoms with Crippen LogP contribution in [0.4, 0.5) is 0 Å². The molecule has 0 saturated carbocycles. The third-order valence-corrected chi connectivity index (χ3v) is 2.98. The molecule has 1 rings (SSSR count). The SMILES string of the molecule is COC(=O)c1c(OC(C)C)cc(C)c(Cl)c1C. The van der Waals surface area contributed by atoms with E-state index >= 15 is 0 Å². The number of carbonyl (C=O) groups is 1. The second kappa shape index (κ2) is 5.41. The van der Waals surface area contributed by atoms with Crippen LogP contribution < -0.4 is 4.74 Å². The summed E-state index contributed by atoms with van der Waals surface area (Å²) in [6, 6.07) is 1.77. The number of methoxy groups -OCH3 is 1. The molecule has 0 heterocycles. The maximum absolute atomic E-state index is 11.7. The average Bonchev–Trinajstić information content (AvgIpc) is 2.25. The Balaban J connectivity index is 3.40. The van der Waals surface area contributed by atoms with Gasteiger partial charge in [-0.05, 0) is 44.9 Å². The molecule has 0 aliphatic rings. The van der Waals surface area contributed by atoms with E-state index in [2.05, 4.69) is 0 Å². The molecule has 0 saturated heterocycles. The van der Waals surface area contributed by atoms with Gasteiger partial charge in [-0.3, -0.25) is 0 Å². The summed E-state index contributed by atoms with van der Waals surface area (Å²) in [5.41, 5.74) is 1.97. The van der Waals surface area contributed by atoms with Crippen molar-refractivity contribution in [2.75, 3.05) is 7.11 Å². The van der Waals surface area contributed by atoms with Gasteiger partial charge in [0.2, 0.25) is 0 Å². The molecule has 3 nitrogen and oxygen atoms in total. The van der Waals surface area contributed by atoms with E-state index in [1.807, 2.05) is 20.8 Å². The minimum Gasteiger partial charge on any atom is -0.490 e. The molecule has 0 aliphatic heterocycles. The Hall–Kier alpha value is -1.22. The van der Waals surface area contributed by atoms with Crippen molar-refractivity contribution in [1.29, 1.82) is 0 Å². The lowest BCUT2D eigenvalue weighted by Gasteiger charge is -2.17. The Morgan fingerprint density at radius 1 is 1.35 bits per heavy atom. The lowest BCUT2D eigenvalue weighted by Crippen LogP contribution is -2.13. The van der Waals surface area contributed by atoms with Gasteiger partial charge in [0.05, 0.1) is 13.2 Å². The Labute approximate surface area is 107 Å². The minimum absolute atomic E-state index is 0.0154. The summed E-state index contributed by atoms with van der Waals surface area (Å²) < 4.78 is 10.4. The van der Waals surface area contributed by atoms with Crippen molar-refractivity contribution in [3.63, 3.8) is 0 Å². The van der Waals surface area contributed by atoms with Gasteiger partial charge in [0, 0.05) is 5.02 Å². The quantitative estimate of drug-likeness (QED) is 0.776. The van der Waals surface area contributed by atoms with Gasteiger partial charge in [0.25, 0.3) is 0 Å². The molecule has 0 aromatic heterocycles. The molecule has 0 aliphatic carbocycles. The number of esters is 1. The highest BCUT2D eigenvalue weighted by atomic mass is 35.5. The first-order valence-corrected chi connectivity index (χ1v) is 5.81. The highest BCUT2D eigenvalue weighted by Crippen LogP contribution is 2.32. The zero-order valence-electron chi connectivity index (χ0n) is 10.8. The van der Waals surface area contributed by atoms with Gasteiger partial charge in [-0.25, -0.2) is 4.79 Å². The molecule has 0 spiro atoms. The van der Waals surface area contributed by atoms with E-state index in [1.165, 1.54) is 7.11 Å². The van der Waals surface area contributed by atoms with Crippen LogP contribution in [0.1, 0.15) is 35.3 Å². The van der Waals surface area contributed by atoms with Crippen LogP contribution in [0, 0.1) is 13.8 Å². The predicted molar refractivity (Wildman–Crippen MR) is 68.0 cm³/mol. The first kappa shape index (κ1) is 13.8. The Morgan fingerprint density at radius 2 is 1.94 bits per heavy atom. The van der Waals surface area contributed by atoms with Gasteiger partial charge < -0.3 is 9.47 Å². The fraction of sp³-hybridized carbons (Fsp3) is 0.462. The fourth-order valence-corrected chi connectivity index (χ4v) is 1.77. The van der Waals surface area contributed by atoms with Crippen LogP contribution in [-0.4, -0.2) is 19.2 Å².